The monoisotopic (exact) mass is 256 g/mol. The number of halogens is 1. The maximum Gasteiger partial charge on any atom is 0.0715 e. The molecule has 1 aliphatic heterocycles. The third kappa shape index (κ3) is 2.07. The highest BCUT2D eigenvalue weighted by molar-refractivity contribution is 9.10. The third-order valence-corrected chi connectivity index (χ3v) is 3.10. The normalized spacial score (nSPS) is 22.4. The molecule has 3 nitrogen and oxygen atoms in total. The summed E-state index contributed by atoms with van der Waals surface area (Å²) in [4.78, 5) is 6.22. The van der Waals surface area contributed by atoms with Crippen LogP contribution in [-0.4, -0.2) is 29.3 Å². The largest absolute Gasteiger partial charge is 0.391 e. The highest BCUT2D eigenvalue weighted by Gasteiger charge is 2.19. The van der Waals surface area contributed by atoms with Gasteiger partial charge in [-0.05, 0) is 34.8 Å². The maximum atomic E-state index is 9.56. The minimum absolute atomic E-state index is 0.191. The van der Waals surface area contributed by atoms with Crippen molar-refractivity contribution in [1.29, 1.82) is 0 Å². The Labute approximate surface area is 91.9 Å². The van der Waals surface area contributed by atoms with Gasteiger partial charge in [0.05, 0.1) is 16.3 Å². The quantitative estimate of drug-likeness (QED) is 0.833. The van der Waals surface area contributed by atoms with Crippen molar-refractivity contribution in [2.75, 3.05) is 18.0 Å². The average Bonchev–Trinajstić information content (AvgIpc) is 2.18. The van der Waals surface area contributed by atoms with Gasteiger partial charge in [0.2, 0.25) is 0 Å². The second-order valence-corrected chi connectivity index (χ2v) is 4.42. The first-order valence-electron chi connectivity index (χ1n) is 4.80. The number of pyridine rings is 1. The second kappa shape index (κ2) is 4.28. The molecule has 0 amide bonds. The van der Waals surface area contributed by atoms with Gasteiger partial charge in [0.25, 0.3) is 0 Å². The molecule has 2 heterocycles. The Hall–Kier alpha value is -0.610. The highest BCUT2D eigenvalue weighted by Crippen LogP contribution is 2.27. The van der Waals surface area contributed by atoms with E-state index in [1.54, 1.807) is 12.4 Å². The van der Waals surface area contributed by atoms with Crippen LogP contribution in [0.15, 0.2) is 22.9 Å². The van der Waals surface area contributed by atoms with Crippen molar-refractivity contribution in [3.8, 4) is 0 Å². The van der Waals surface area contributed by atoms with Crippen molar-refractivity contribution in [3.63, 3.8) is 0 Å². The van der Waals surface area contributed by atoms with Crippen LogP contribution in [0.1, 0.15) is 12.8 Å². The van der Waals surface area contributed by atoms with Crippen molar-refractivity contribution in [1.82, 2.24) is 4.98 Å². The zero-order valence-corrected chi connectivity index (χ0v) is 9.44. The molecule has 1 aromatic rings. The molecular weight excluding hydrogens is 244 g/mol. The van der Waals surface area contributed by atoms with E-state index in [-0.39, 0.29) is 6.10 Å². The Bertz CT molecular complexity index is 319. The molecule has 1 saturated heterocycles. The standard InChI is InChI=1S/C10H13BrN2O/c11-9-6-12-4-3-10(9)13-5-1-2-8(14)7-13/h3-4,6,8,14H,1-2,5,7H2. The van der Waals surface area contributed by atoms with Gasteiger partial charge >= 0.3 is 0 Å². The fourth-order valence-electron chi connectivity index (χ4n) is 1.80. The molecule has 0 saturated carbocycles. The molecule has 2 rings (SSSR count). The van der Waals surface area contributed by atoms with Gasteiger partial charge in [-0.1, -0.05) is 0 Å². The molecule has 1 atom stereocenters. The summed E-state index contributed by atoms with van der Waals surface area (Å²) in [6, 6.07) is 1.97. The van der Waals surface area contributed by atoms with Crippen LogP contribution in [0.5, 0.6) is 0 Å². The lowest BCUT2D eigenvalue weighted by Gasteiger charge is -2.32. The lowest BCUT2D eigenvalue weighted by molar-refractivity contribution is 0.154. The Balaban J connectivity index is 2.18. The zero-order chi connectivity index (χ0) is 9.97. The predicted octanol–water partition coefficient (Wildman–Crippen LogP) is 1.81. The summed E-state index contributed by atoms with van der Waals surface area (Å²) in [6.07, 6.45) is 5.34. The van der Waals surface area contributed by atoms with Crippen molar-refractivity contribution in [3.05, 3.63) is 22.9 Å². The number of aliphatic hydroxyl groups excluding tert-OH is 1. The summed E-state index contributed by atoms with van der Waals surface area (Å²) < 4.78 is 0.995. The smallest absolute Gasteiger partial charge is 0.0715 e. The van der Waals surface area contributed by atoms with E-state index in [4.69, 9.17) is 0 Å². The van der Waals surface area contributed by atoms with Gasteiger partial charge in [0, 0.05) is 25.5 Å². The molecule has 0 spiro atoms. The first-order valence-corrected chi connectivity index (χ1v) is 5.59. The molecule has 14 heavy (non-hydrogen) atoms. The Morgan fingerprint density at radius 2 is 2.43 bits per heavy atom. The highest BCUT2D eigenvalue weighted by atomic mass is 79.9. The fraction of sp³-hybridized carbons (Fsp3) is 0.500. The molecule has 4 heteroatoms. The fourth-order valence-corrected chi connectivity index (χ4v) is 2.30. The van der Waals surface area contributed by atoms with E-state index in [1.807, 2.05) is 6.07 Å². The molecule has 1 unspecified atom stereocenters. The van der Waals surface area contributed by atoms with Crippen LogP contribution in [0.2, 0.25) is 0 Å². The van der Waals surface area contributed by atoms with E-state index in [9.17, 15) is 5.11 Å². The van der Waals surface area contributed by atoms with Crippen LogP contribution in [-0.2, 0) is 0 Å². The molecule has 1 fully saturated rings. The van der Waals surface area contributed by atoms with Gasteiger partial charge in [-0.2, -0.15) is 0 Å². The summed E-state index contributed by atoms with van der Waals surface area (Å²) in [7, 11) is 0. The average molecular weight is 257 g/mol. The van der Waals surface area contributed by atoms with Crippen LogP contribution in [0.3, 0.4) is 0 Å². The number of rotatable bonds is 1. The number of β-amino-alcohol motifs (C(OH)–C–C–N with tert-alkyl or cyclic N) is 1. The van der Waals surface area contributed by atoms with E-state index < -0.39 is 0 Å². The SMILES string of the molecule is OC1CCCN(c2ccncc2Br)C1. The van der Waals surface area contributed by atoms with Crippen molar-refractivity contribution in [2.24, 2.45) is 0 Å². The topological polar surface area (TPSA) is 36.4 Å². The molecule has 1 aliphatic rings. The molecule has 76 valence electrons. The first kappa shape index (κ1) is 9.93. The molecule has 0 aliphatic carbocycles. The van der Waals surface area contributed by atoms with E-state index in [0.29, 0.717) is 0 Å². The Kier molecular flexibility index (Phi) is 3.03. The van der Waals surface area contributed by atoms with Gasteiger partial charge in [-0.25, -0.2) is 0 Å². The van der Waals surface area contributed by atoms with E-state index >= 15 is 0 Å². The summed E-state index contributed by atoms with van der Waals surface area (Å²) >= 11 is 3.47. The van der Waals surface area contributed by atoms with E-state index in [0.717, 1.165) is 36.1 Å². The van der Waals surface area contributed by atoms with Gasteiger partial charge in [-0.15, -0.1) is 0 Å². The van der Waals surface area contributed by atoms with Gasteiger partial charge in [-0.3, -0.25) is 4.98 Å². The Morgan fingerprint density at radius 3 is 3.14 bits per heavy atom. The number of piperidine rings is 1. The minimum atomic E-state index is -0.191. The van der Waals surface area contributed by atoms with Crippen LogP contribution in [0.4, 0.5) is 5.69 Å². The maximum absolute atomic E-state index is 9.56. The van der Waals surface area contributed by atoms with Gasteiger partial charge in [0.1, 0.15) is 0 Å². The second-order valence-electron chi connectivity index (χ2n) is 3.57. The number of hydrogen-bond donors (Lipinski definition) is 1. The molecule has 0 aromatic carbocycles. The zero-order valence-electron chi connectivity index (χ0n) is 7.86. The molecular formula is C10H13BrN2O. The van der Waals surface area contributed by atoms with Crippen LogP contribution in [0, 0.1) is 0 Å². The lowest BCUT2D eigenvalue weighted by Crippen LogP contribution is -2.38. The van der Waals surface area contributed by atoms with Crippen molar-refractivity contribution < 1.29 is 5.11 Å². The third-order valence-electron chi connectivity index (χ3n) is 2.49. The Morgan fingerprint density at radius 1 is 1.57 bits per heavy atom. The van der Waals surface area contributed by atoms with Crippen LogP contribution >= 0.6 is 15.9 Å². The number of aliphatic hydroxyl groups is 1. The number of nitrogens with zero attached hydrogens (tertiary/aromatic N) is 2. The lowest BCUT2D eigenvalue weighted by atomic mass is 10.1. The van der Waals surface area contributed by atoms with E-state index in [1.165, 1.54) is 0 Å². The number of hydrogen-bond acceptors (Lipinski definition) is 3. The first-order chi connectivity index (χ1) is 6.77. The molecule has 0 radical (unpaired) electrons. The molecule has 1 N–H and O–H groups in total. The van der Waals surface area contributed by atoms with Crippen molar-refractivity contribution >= 4 is 21.6 Å². The molecule has 1 aromatic heterocycles. The molecule has 0 bridgehead atoms. The number of aromatic nitrogens is 1. The van der Waals surface area contributed by atoms with E-state index in [2.05, 4.69) is 25.8 Å². The summed E-state index contributed by atoms with van der Waals surface area (Å²) in [5.74, 6) is 0. The number of anilines is 1. The van der Waals surface area contributed by atoms with Crippen molar-refractivity contribution in [2.45, 2.75) is 18.9 Å². The minimum Gasteiger partial charge on any atom is -0.391 e. The summed E-state index contributed by atoms with van der Waals surface area (Å²) in [6.45, 7) is 1.74. The van der Waals surface area contributed by atoms with Crippen LogP contribution in [0.25, 0.3) is 0 Å². The summed E-state index contributed by atoms with van der Waals surface area (Å²) in [5, 5.41) is 9.56. The van der Waals surface area contributed by atoms with Gasteiger partial charge < -0.3 is 10.0 Å². The summed E-state index contributed by atoms with van der Waals surface area (Å²) in [5.41, 5.74) is 1.12. The predicted molar refractivity (Wildman–Crippen MR) is 59.4 cm³/mol. The van der Waals surface area contributed by atoms with Gasteiger partial charge in [0.15, 0.2) is 0 Å². The van der Waals surface area contributed by atoms with Crippen LogP contribution < -0.4 is 4.90 Å².